The summed E-state index contributed by atoms with van der Waals surface area (Å²) in [4.78, 5) is 0. The molecule has 4 aromatic rings. The molecule has 1 N–H and O–H groups in total. The molecule has 4 aromatic carbocycles. The first-order valence-corrected chi connectivity index (χ1v) is 7.50. The molecule has 0 aliphatic heterocycles. The van der Waals surface area contributed by atoms with Crippen LogP contribution in [0.5, 0.6) is 5.75 Å². The minimum atomic E-state index is 0.623. The number of benzene rings is 4. The van der Waals surface area contributed by atoms with Crippen LogP contribution in [0.4, 0.5) is 0 Å². The van der Waals surface area contributed by atoms with Gasteiger partial charge in [-0.05, 0) is 50.9 Å². The second-order valence-electron chi connectivity index (χ2n) is 5.47. The van der Waals surface area contributed by atoms with Gasteiger partial charge < -0.3 is 9.68 Å². The van der Waals surface area contributed by atoms with Gasteiger partial charge in [-0.3, -0.25) is 0 Å². The van der Waals surface area contributed by atoms with E-state index in [1.807, 2.05) is 18.2 Å². The molecule has 0 unspecified atom stereocenters. The average Bonchev–Trinajstić information content (AvgIpc) is 2.61. The zero-order chi connectivity index (χ0) is 15.6. The van der Waals surface area contributed by atoms with E-state index in [0.29, 0.717) is 13.4 Å². The molecule has 0 spiro atoms. The van der Waals surface area contributed by atoms with Crippen molar-refractivity contribution in [3.63, 3.8) is 0 Å². The van der Waals surface area contributed by atoms with Gasteiger partial charge in [0.25, 0.3) is 0 Å². The third-order valence-electron chi connectivity index (χ3n) is 4.10. The zero-order valence-electron chi connectivity index (χ0n) is 12.4. The number of fused-ring (bicyclic) bond motifs is 2. The lowest BCUT2D eigenvalue weighted by atomic mass is 9.96. The van der Waals surface area contributed by atoms with Gasteiger partial charge in [-0.2, -0.15) is 0 Å². The van der Waals surface area contributed by atoms with Gasteiger partial charge in [-0.25, -0.2) is 0 Å². The molecular weight excluding hydrogens is 283 g/mol. The van der Waals surface area contributed by atoms with Crippen LogP contribution >= 0.6 is 0 Å². The summed E-state index contributed by atoms with van der Waals surface area (Å²) in [6.45, 7) is 0. The summed E-state index contributed by atoms with van der Waals surface area (Å²) in [6.07, 6.45) is 0. The van der Waals surface area contributed by atoms with Gasteiger partial charge in [0.15, 0.2) is 0 Å². The van der Waals surface area contributed by atoms with Crippen LogP contribution < -0.4 is 4.65 Å². The average molecular weight is 297 g/mol. The van der Waals surface area contributed by atoms with Gasteiger partial charge in [0.05, 0.1) is 0 Å². The summed E-state index contributed by atoms with van der Waals surface area (Å²) in [7, 11) is 0.700. The summed E-state index contributed by atoms with van der Waals surface area (Å²) in [5, 5.41) is 13.5. The summed E-state index contributed by atoms with van der Waals surface area (Å²) >= 11 is 0. The van der Waals surface area contributed by atoms with E-state index < -0.39 is 0 Å². The Hall–Kier alpha value is -2.78. The minimum absolute atomic E-state index is 0.623. The SMILES string of the molecule is O[B]Oc1ccc2cc(-c3cccc4ccccc34)ccc2c1. The third-order valence-corrected chi connectivity index (χ3v) is 4.10. The molecule has 0 atom stereocenters. The van der Waals surface area contributed by atoms with E-state index in [1.165, 1.54) is 21.9 Å². The Morgan fingerprint density at radius 2 is 1.48 bits per heavy atom. The Balaban J connectivity index is 1.86. The fraction of sp³-hybridized carbons (Fsp3) is 0. The van der Waals surface area contributed by atoms with Crippen LogP contribution in [0.3, 0.4) is 0 Å². The first-order valence-electron chi connectivity index (χ1n) is 7.50. The van der Waals surface area contributed by atoms with E-state index in [9.17, 15) is 0 Å². The molecule has 0 heterocycles. The molecule has 0 aliphatic carbocycles. The van der Waals surface area contributed by atoms with E-state index in [0.717, 1.165) is 10.8 Å². The van der Waals surface area contributed by atoms with E-state index in [1.54, 1.807) is 0 Å². The number of rotatable bonds is 3. The predicted molar refractivity (Wildman–Crippen MR) is 95.5 cm³/mol. The lowest BCUT2D eigenvalue weighted by Crippen LogP contribution is -1.99. The monoisotopic (exact) mass is 297 g/mol. The fourth-order valence-electron chi connectivity index (χ4n) is 3.00. The standard InChI is InChI=1S/C20H14BO2/c22-21-23-18-11-10-15-12-17(9-8-16(15)13-18)20-7-3-5-14-4-1-2-6-19(14)20/h1-13,22H. The van der Waals surface area contributed by atoms with Crippen molar-refractivity contribution in [2.24, 2.45) is 0 Å². The highest BCUT2D eigenvalue weighted by Gasteiger charge is 2.05. The summed E-state index contributed by atoms with van der Waals surface area (Å²) < 4.78 is 5.02. The van der Waals surface area contributed by atoms with E-state index in [-0.39, 0.29) is 0 Å². The maximum Gasteiger partial charge on any atom is 0.569 e. The van der Waals surface area contributed by atoms with Crippen molar-refractivity contribution >= 4 is 29.2 Å². The normalized spacial score (nSPS) is 10.8. The maximum absolute atomic E-state index is 8.74. The Bertz CT molecular complexity index is 990. The van der Waals surface area contributed by atoms with Gasteiger partial charge in [0.2, 0.25) is 0 Å². The molecule has 0 bridgehead atoms. The molecule has 0 saturated heterocycles. The van der Waals surface area contributed by atoms with Crippen LogP contribution in [-0.2, 0) is 0 Å². The van der Waals surface area contributed by atoms with Crippen LogP contribution in [0.2, 0.25) is 0 Å². The molecule has 0 saturated carbocycles. The summed E-state index contributed by atoms with van der Waals surface area (Å²) in [5.74, 6) is 0.623. The van der Waals surface area contributed by atoms with Gasteiger partial charge in [0, 0.05) is 0 Å². The number of hydrogen-bond acceptors (Lipinski definition) is 2. The van der Waals surface area contributed by atoms with Gasteiger partial charge >= 0.3 is 7.69 Å². The van der Waals surface area contributed by atoms with Crippen LogP contribution in [0.15, 0.2) is 78.9 Å². The molecule has 0 amide bonds. The zero-order valence-corrected chi connectivity index (χ0v) is 12.4. The quantitative estimate of drug-likeness (QED) is 0.561. The maximum atomic E-state index is 8.74. The van der Waals surface area contributed by atoms with Gasteiger partial charge in [0.1, 0.15) is 5.75 Å². The van der Waals surface area contributed by atoms with Crippen molar-refractivity contribution in [2.45, 2.75) is 0 Å². The predicted octanol–water partition coefficient (Wildman–Crippen LogP) is 4.57. The molecule has 2 nitrogen and oxygen atoms in total. The Morgan fingerprint density at radius 3 is 2.39 bits per heavy atom. The molecule has 0 fully saturated rings. The highest BCUT2D eigenvalue weighted by molar-refractivity contribution is 6.17. The highest BCUT2D eigenvalue weighted by atomic mass is 16.5. The number of hydrogen-bond donors (Lipinski definition) is 1. The highest BCUT2D eigenvalue weighted by Crippen LogP contribution is 2.31. The lowest BCUT2D eigenvalue weighted by molar-refractivity contribution is 0.454. The minimum Gasteiger partial charge on any atom is -0.537 e. The fourth-order valence-corrected chi connectivity index (χ4v) is 3.00. The molecule has 23 heavy (non-hydrogen) atoms. The van der Waals surface area contributed by atoms with E-state index in [2.05, 4.69) is 60.7 Å². The molecule has 3 heteroatoms. The Kier molecular flexibility index (Phi) is 3.49. The van der Waals surface area contributed by atoms with E-state index in [4.69, 9.17) is 9.68 Å². The van der Waals surface area contributed by atoms with Crippen LogP contribution in [0.25, 0.3) is 32.7 Å². The van der Waals surface area contributed by atoms with Gasteiger partial charge in [-0.15, -0.1) is 0 Å². The molecular formula is C20H14BO2. The smallest absolute Gasteiger partial charge is 0.537 e. The second-order valence-corrected chi connectivity index (χ2v) is 5.47. The van der Waals surface area contributed by atoms with Crippen molar-refractivity contribution < 1.29 is 9.68 Å². The Labute approximate surface area is 135 Å². The molecule has 1 radical (unpaired) electrons. The van der Waals surface area contributed by atoms with E-state index >= 15 is 0 Å². The molecule has 0 aliphatic rings. The largest absolute Gasteiger partial charge is 0.569 e. The van der Waals surface area contributed by atoms with Crippen molar-refractivity contribution in [3.8, 4) is 16.9 Å². The lowest BCUT2D eigenvalue weighted by Gasteiger charge is -2.09. The van der Waals surface area contributed by atoms with Crippen LogP contribution in [0.1, 0.15) is 0 Å². The topological polar surface area (TPSA) is 29.5 Å². The Morgan fingerprint density at radius 1 is 0.696 bits per heavy atom. The van der Waals surface area contributed by atoms with Crippen molar-refractivity contribution in [3.05, 3.63) is 78.9 Å². The van der Waals surface area contributed by atoms with Crippen molar-refractivity contribution in [1.29, 1.82) is 0 Å². The van der Waals surface area contributed by atoms with Crippen LogP contribution in [-0.4, -0.2) is 12.7 Å². The van der Waals surface area contributed by atoms with Crippen LogP contribution in [0, 0.1) is 0 Å². The first kappa shape index (κ1) is 13.9. The van der Waals surface area contributed by atoms with Gasteiger partial charge in [-0.1, -0.05) is 60.7 Å². The van der Waals surface area contributed by atoms with Crippen molar-refractivity contribution in [2.75, 3.05) is 0 Å². The first-order chi connectivity index (χ1) is 11.3. The van der Waals surface area contributed by atoms with Crippen molar-refractivity contribution in [1.82, 2.24) is 0 Å². The molecule has 109 valence electrons. The molecule has 4 rings (SSSR count). The molecule has 0 aromatic heterocycles. The third kappa shape index (κ3) is 2.56. The summed E-state index contributed by atoms with van der Waals surface area (Å²) in [5.41, 5.74) is 2.42. The summed E-state index contributed by atoms with van der Waals surface area (Å²) in [6, 6.07) is 27.0. The second kappa shape index (κ2) is 5.78.